The number of alkyl halides is 2. The number of hydrogen-bond acceptors (Lipinski definition) is 3. The molecular weight excluding hydrogens is 206 g/mol. The molecule has 2 heterocycles. The molecule has 4 nitrogen and oxygen atoms in total. The van der Waals surface area contributed by atoms with E-state index in [9.17, 15) is 8.78 Å². The lowest BCUT2D eigenvalue weighted by Gasteiger charge is -2.23. The summed E-state index contributed by atoms with van der Waals surface area (Å²) in [5, 5.41) is 3.81. The fraction of sp³-hybridized carbons (Fsp3) is 0.667. The topological polar surface area (TPSA) is 36.3 Å². The molecule has 0 saturated carbocycles. The fourth-order valence-electron chi connectivity index (χ4n) is 1.63. The normalized spacial score (nSPS) is 20.2. The third-order valence-electron chi connectivity index (χ3n) is 2.49. The average molecular weight is 218 g/mol. The third-order valence-corrected chi connectivity index (χ3v) is 2.49. The highest BCUT2D eigenvalue weighted by Gasteiger charge is 2.27. The summed E-state index contributed by atoms with van der Waals surface area (Å²) in [4.78, 5) is 0. The van der Waals surface area contributed by atoms with Crippen molar-refractivity contribution < 1.29 is 18.3 Å². The van der Waals surface area contributed by atoms with Gasteiger partial charge < -0.3 is 9.47 Å². The quantitative estimate of drug-likeness (QED) is 0.755. The molecule has 2 rings (SSSR count). The van der Waals surface area contributed by atoms with Gasteiger partial charge in [-0.1, -0.05) is 0 Å². The molecule has 1 aromatic heterocycles. The Labute approximate surface area is 85.8 Å². The molecule has 0 N–H and O–H groups in total. The van der Waals surface area contributed by atoms with Gasteiger partial charge in [-0.3, -0.25) is 0 Å². The second kappa shape index (κ2) is 3.77. The zero-order valence-electron chi connectivity index (χ0n) is 8.54. The van der Waals surface area contributed by atoms with E-state index < -0.39 is 6.43 Å². The van der Waals surface area contributed by atoms with Crippen molar-refractivity contribution in [3.63, 3.8) is 0 Å². The molecule has 0 amide bonds. The number of methoxy groups -OCH3 is 1. The highest BCUT2D eigenvalue weighted by molar-refractivity contribution is 5.31. The first-order valence-corrected chi connectivity index (χ1v) is 4.64. The van der Waals surface area contributed by atoms with Gasteiger partial charge in [0, 0.05) is 12.7 Å². The first-order valence-electron chi connectivity index (χ1n) is 4.64. The van der Waals surface area contributed by atoms with Crippen LogP contribution in [0.3, 0.4) is 0 Å². The van der Waals surface area contributed by atoms with E-state index in [0.29, 0.717) is 24.6 Å². The first kappa shape index (κ1) is 10.4. The second-order valence-corrected chi connectivity index (χ2v) is 3.47. The predicted octanol–water partition coefficient (Wildman–Crippen LogP) is 1.54. The van der Waals surface area contributed by atoms with E-state index in [2.05, 4.69) is 5.10 Å². The van der Waals surface area contributed by atoms with Crippen molar-refractivity contribution in [2.75, 3.05) is 13.7 Å². The molecule has 1 unspecified atom stereocenters. The second-order valence-electron chi connectivity index (χ2n) is 3.47. The maximum absolute atomic E-state index is 12.5. The van der Waals surface area contributed by atoms with Crippen LogP contribution >= 0.6 is 0 Å². The van der Waals surface area contributed by atoms with Crippen LogP contribution in [-0.2, 0) is 11.3 Å². The van der Waals surface area contributed by atoms with Crippen LogP contribution in [0.4, 0.5) is 8.78 Å². The molecule has 1 aliphatic heterocycles. The number of aromatic nitrogens is 2. The largest absolute Gasteiger partial charge is 0.475 e. The molecule has 84 valence electrons. The van der Waals surface area contributed by atoms with Crippen molar-refractivity contribution >= 4 is 0 Å². The van der Waals surface area contributed by atoms with Crippen LogP contribution in [0.5, 0.6) is 5.88 Å². The number of rotatable bonds is 2. The predicted molar refractivity (Wildman–Crippen MR) is 48.2 cm³/mol. The Balaban J connectivity index is 2.32. The average Bonchev–Trinajstić information content (AvgIpc) is 2.55. The van der Waals surface area contributed by atoms with Gasteiger partial charge in [0.25, 0.3) is 6.43 Å². The zero-order valence-corrected chi connectivity index (χ0v) is 8.54. The molecule has 0 fully saturated rings. The summed E-state index contributed by atoms with van der Waals surface area (Å²) >= 11 is 0. The van der Waals surface area contributed by atoms with Crippen molar-refractivity contribution in [3.05, 3.63) is 11.3 Å². The minimum atomic E-state index is -2.56. The third kappa shape index (κ3) is 1.69. The molecule has 0 radical (unpaired) electrons. The highest BCUT2D eigenvalue weighted by Crippen LogP contribution is 2.30. The van der Waals surface area contributed by atoms with Crippen molar-refractivity contribution in [2.45, 2.75) is 26.0 Å². The van der Waals surface area contributed by atoms with E-state index in [1.165, 1.54) is 4.68 Å². The molecule has 0 aromatic carbocycles. The van der Waals surface area contributed by atoms with Gasteiger partial charge in [-0.25, -0.2) is 13.5 Å². The van der Waals surface area contributed by atoms with Gasteiger partial charge in [-0.2, -0.15) is 5.10 Å². The minimum absolute atomic E-state index is 0.123. The molecule has 1 aromatic rings. The molecule has 15 heavy (non-hydrogen) atoms. The smallest absolute Gasteiger partial charge is 0.282 e. The van der Waals surface area contributed by atoms with Crippen LogP contribution in [0, 0.1) is 6.92 Å². The van der Waals surface area contributed by atoms with Gasteiger partial charge in [0.15, 0.2) is 0 Å². The van der Waals surface area contributed by atoms with Gasteiger partial charge in [0.2, 0.25) is 5.88 Å². The number of ether oxygens (including phenoxy) is 2. The van der Waals surface area contributed by atoms with Gasteiger partial charge in [-0.15, -0.1) is 0 Å². The van der Waals surface area contributed by atoms with Crippen molar-refractivity contribution in [3.8, 4) is 5.88 Å². The summed E-state index contributed by atoms with van der Waals surface area (Å²) in [6.45, 7) is 2.43. The highest BCUT2D eigenvalue weighted by atomic mass is 19.3. The zero-order chi connectivity index (χ0) is 11.0. The molecular formula is C9H12F2N2O2. The van der Waals surface area contributed by atoms with Crippen LogP contribution in [0.1, 0.15) is 17.7 Å². The lowest BCUT2D eigenvalue weighted by Crippen LogP contribution is -2.31. The molecule has 0 saturated heterocycles. The van der Waals surface area contributed by atoms with E-state index in [1.54, 1.807) is 14.0 Å². The van der Waals surface area contributed by atoms with E-state index >= 15 is 0 Å². The molecule has 0 spiro atoms. The van der Waals surface area contributed by atoms with Gasteiger partial charge in [0.05, 0.1) is 6.54 Å². The fourth-order valence-corrected chi connectivity index (χ4v) is 1.63. The van der Waals surface area contributed by atoms with E-state index in [4.69, 9.17) is 9.47 Å². The molecule has 0 aliphatic carbocycles. The lowest BCUT2D eigenvalue weighted by molar-refractivity contribution is 0.0174. The number of nitrogens with zero attached hydrogens (tertiary/aromatic N) is 2. The molecule has 1 aliphatic rings. The standard InChI is InChI=1S/C9H12F2N2O2/c1-5-7(8(10)11)12-13-3-6(14-2)4-15-9(5)13/h6,8H,3-4H2,1-2H3. The van der Waals surface area contributed by atoms with Crippen molar-refractivity contribution in [1.82, 2.24) is 9.78 Å². The Morgan fingerprint density at radius 3 is 2.93 bits per heavy atom. The summed E-state index contributed by atoms with van der Waals surface area (Å²) in [6, 6.07) is 0. The Hall–Kier alpha value is -1.17. The molecule has 0 bridgehead atoms. The van der Waals surface area contributed by atoms with E-state index in [0.717, 1.165) is 0 Å². The first-order chi connectivity index (χ1) is 7.13. The Bertz CT molecular complexity index is 365. The lowest BCUT2D eigenvalue weighted by atomic mass is 10.2. The van der Waals surface area contributed by atoms with Crippen LogP contribution < -0.4 is 4.74 Å². The van der Waals surface area contributed by atoms with Crippen LogP contribution in [0.2, 0.25) is 0 Å². The van der Waals surface area contributed by atoms with Crippen molar-refractivity contribution in [2.24, 2.45) is 0 Å². The Kier molecular flexibility index (Phi) is 2.60. The van der Waals surface area contributed by atoms with E-state index in [-0.39, 0.29) is 11.8 Å². The van der Waals surface area contributed by atoms with Crippen molar-refractivity contribution in [1.29, 1.82) is 0 Å². The summed E-state index contributed by atoms with van der Waals surface area (Å²) in [7, 11) is 1.56. The maximum Gasteiger partial charge on any atom is 0.282 e. The monoisotopic (exact) mass is 218 g/mol. The van der Waals surface area contributed by atoms with Gasteiger partial charge >= 0.3 is 0 Å². The molecule has 1 atom stereocenters. The SMILES string of the molecule is COC1COc2c(C)c(C(F)F)nn2C1. The summed E-state index contributed by atoms with van der Waals surface area (Å²) in [6.07, 6.45) is -2.69. The Morgan fingerprint density at radius 1 is 1.60 bits per heavy atom. The van der Waals surface area contributed by atoms with Gasteiger partial charge in [-0.05, 0) is 6.92 Å². The minimum Gasteiger partial charge on any atom is -0.475 e. The summed E-state index contributed by atoms with van der Waals surface area (Å²) in [5.41, 5.74) is 0.210. The Morgan fingerprint density at radius 2 is 2.33 bits per heavy atom. The van der Waals surface area contributed by atoms with Crippen LogP contribution in [-0.4, -0.2) is 29.6 Å². The number of fused-ring (bicyclic) bond motifs is 1. The summed E-state index contributed by atoms with van der Waals surface area (Å²) in [5.74, 6) is 0.429. The maximum atomic E-state index is 12.5. The summed E-state index contributed by atoms with van der Waals surface area (Å²) < 4.78 is 36.9. The van der Waals surface area contributed by atoms with Crippen LogP contribution in [0.15, 0.2) is 0 Å². The van der Waals surface area contributed by atoms with E-state index in [1.807, 2.05) is 0 Å². The number of halogens is 2. The van der Waals surface area contributed by atoms with Gasteiger partial charge in [0.1, 0.15) is 18.4 Å². The number of hydrogen-bond donors (Lipinski definition) is 0. The van der Waals surface area contributed by atoms with Crippen LogP contribution in [0.25, 0.3) is 0 Å². The molecule has 6 heteroatoms.